The number of fused-ring (bicyclic) bond motifs is 1. The molecule has 1 saturated heterocycles. The number of alkyl halides is 7. The Bertz CT molecular complexity index is 931. The Morgan fingerprint density at radius 1 is 0.969 bits per heavy atom. The lowest BCUT2D eigenvalue weighted by molar-refractivity contribution is -0.344. The molecule has 13 heteroatoms. The van der Waals surface area contributed by atoms with Crippen LogP contribution in [0.25, 0.3) is 0 Å². The number of nitrogens with zero attached hydrogens (tertiary/aromatic N) is 2. The Morgan fingerprint density at radius 3 is 2.19 bits per heavy atom. The lowest BCUT2D eigenvalue weighted by Crippen LogP contribution is -2.58. The first kappa shape index (κ1) is 24.1. The highest BCUT2D eigenvalue weighted by Crippen LogP contribution is 2.46. The number of aryl methyl sites for hydroxylation is 1. The standard InChI is InChI=1S/C19H20F7N3O3/c1-10-13-11(27-28-16(31)17(20,21)18(22,23)19(24,25)26)6-5-7-12(13)32-14(10)15(30)29-8-3-2-4-9-29/h2-9H2,1H3,(H,28,31)/b27-11+. The number of amides is 2. The molecule has 0 aromatic carbocycles. The number of piperidine rings is 1. The maximum atomic E-state index is 13.5. The molecule has 0 atom stereocenters. The fourth-order valence-electron chi connectivity index (χ4n) is 3.73. The van der Waals surface area contributed by atoms with Crippen molar-refractivity contribution in [3.63, 3.8) is 0 Å². The quantitative estimate of drug-likeness (QED) is 0.528. The van der Waals surface area contributed by atoms with Gasteiger partial charge in [0.2, 0.25) is 0 Å². The van der Waals surface area contributed by atoms with Gasteiger partial charge in [-0.15, -0.1) is 0 Å². The molecule has 2 amide bonds. The first-order valence-electron chi connectivity index (χ1n) is 9.90. The molecule has 0 bridgehead atoms. The summed E-state index contributed by atoms with van der Waals surface area (Å²) in [5, 5.41) is 3.38. The molecule has 2 aliphatic rings. The maximum absolute atomic E-state index is 13.5. The van der Waals surface area contributed by atoms with E-state index in [9.17, 15) is 40.3 Å². The van der Waals surface area contributed by atoms with Crippen LogP contribution in [0.2, 0.25) is 0 Å². The number of hydrogen-bond acceptors (Lipinski definition) is 4. The van der Waals surface area contributed by atoms with Crippen molar-refractivity contribution in [3.8, 4) is 0 Å². The Morgan fingerprint density at radius 2 is 1.59 bits per heavy atom. The second-order valence-electron chi connectivity index (χ2n) is 7.71. The third-order valence-electron chi connectivity index (χ3n) is 5.49. The number of hydrazone groups is 1. The van der Waals surface area contributed by atoms with Crippen molar-refractivity contribution < 1.29 is 44.7 Å². The van der Waals surface area contributed by atoms with Crippen LogP contribution in [0.4, 0.5) is 30.7 Å². The molecule has 0 saturated carbocycles. The van der Waals surface area contributed by atoms with E-state index in [-0.39, 0.29) is 29.4 Å². The minimum absolute atomic E-state index is 0.0201. The molecule has 178 valence electrons. The largest absolute Gasteiger partial charge is 0.460 e. The van der Waals surface area contributed by atoms with Crippen LogP contribution in [0.1, 0.15) is 59.5 Å². The highest BCUT2D eigenvalue weighted by Gasteiger charge is 2.76. The van der Waals surface area contributed by atoms with E-state index in [2.05, 4.69) is 5.10 Å². The first-order chi connectivity index (χ1) is 14.8. The summed E-state index contributed by atoms with van der Waals surface area (Å²) in [6.07, 6.45) is -3.12. The van der Waals surface area contributed by atoms with Gasteiger partial charge in [0.1, 0.15) is 5.76 Å². The predicted molar refractivity (Wildman–Crippen MR) is 96.8 cm³/mol. The van der Waals surface area contributed by atoms with Gasteiger partial charge in [-0.1, -0.05) is 0 Å². The highest BCUT2D eigenvalue weighted by molar-refractivity contribution is 6.06. The van der Waals surface area contributed by atoms with E-state index in [1.807, 2.05) is 0 Å². The number of furan rings is 1. The van der Waals surface area contributed by atoms with Crippen LogP contribution >= 0.6 is 0 Å². The summed E-state index contributed by atoms with van der Waals surface area (Å²) in [6.45, 7) is 2.61. The van der Waals surface area contributed by atoms with Crippen molar-refractivity contribution in [3.05, 3.63) is 22.6 Å². The van der Waals surface area contributed by atoms with Gasteiger partial charge in [-0.3, -0.25) is 9.59 Å². The van der Waals surface area contributed by atoms with Crippen molar-refractivity contribution in [1.82, 2.24) is 10.3 Å². The molecule has 0 radical (unpaired) electrons. The summed E-state index contributed by atoms with van der Waals surface area (Å²) in [6, 6.07) is 0. The van der Waals surface area contributed by atoms with Crippen molar-refractivity contribution in [2.45, 2.75) is 63.5 Å². The smallest absolute Gasteiger partial charge is 0.455 e. The van der Waals surface area contributed by atoms with E-state index in [0.717, 1.165) is 24.7 Å². The van der Waals surface area contributed by atoms with Crippen LogP contribution in [0.5, 0.6) is 0 Å². The maximum Gasteiger partial charge on any atom is 0.460 e. The lowest BCUT2D eigenvalue weighted by atomic mass is 9.93. The fourth-order valence-corrected chi connectivity index (χ4v) is 3.73. The average molecular weight is 471 g/mol. The van der Waals surface area contributed by atoms with Gasteiger partial charge >= 0.3 is 23.9 Å². The van der Waals surface area contributed by atoms with Crippen molar-refractivity contribution >= 4 is 17.5 Å². The van der Waals surface area contributed by atoms with E-state index in [4.69, 9.17) is 4.42 Å². The van der Waals surface area contributed by atoms with E-state index in [0.29, 0.717) is 37.3 Å². The molecule has 1 aliphatic heterocycles. The molecule has 0 spiro atoms. The van der Waals surface area contributed by atoms with Gasteiger partial charge < -0.3 is 9.32 Å². The van der Waals surface area contributed by atoms with Crippen LogP contribution in [0.3, 0.4) is 0 Å². The van der Waals surface area contributed by atoms with Gasteiger partial charge in [-0.2, -0.15) is 35.8 Å². The SMILES string of the molecule is Cc1c(C(=O)N2CCCCC2)oc2c1/C(=N/NC(=O)C(F)(F)C(F)(F)C(F)(F)F)CCC2. The molecule has 32 heavy (non-hydrogen) atoms. The third kappa shape index (κ3) is 4.08. The van der Waals surface area contributed by atoms with Gasteiger partial charge in [-0.25, -0.2) is 5.43 Å². The second-order valence-corrected chi connectivity index (χ2v) is 7.71. The van der Waals surface area contributed by atoms with Crippen LogP contribution < -0.4 is 5.43 Å². The Kier molecular flexibility index (Phi) is 6.31. The molecule has 2 heterocycles. The van der Waals surface area contributed by atoms with Crippen LogP contribution in [0, 0.1) is 6.92 Å². The van der Waals surface area contributed by atoms with E-state index in [1.165, 1.54) is 6.92 Å². The second kappa shape index (κ2) is 8.39. The van der Waals surface area contributed by atoms with Gasteiger partial charge in [0.05, 0.1) is 5.71 Å². The summed E-state index contributed by atoms with van der Waals surface area (Å²) in [4.78, 5) is 25.9. The van der Waals surface area contributed by atoms with Crippen molar-refractivity contribution in [1.29, 1.82) is 0 Å². The van der Waals surface area contributed by atoms with Crippen LogP contribution in [0.15, 0.2) is 9.52 Å². The first-order valence-corrected chi connectivity index (χ1v) is 9.90. The molecule has 1 aliphatic carbocycles. The van der Waals surface area contributed by atoms with Crippen LogP contribution in [-0.2, 0) is 11.2 Å². The molecular formula is C19H20F7N3O3. The summed E-state index contributed by atoms with van der Waals surface area (Å²) in [7, 11) is 0. The number of likely N-dealkylation sites (tertiary alicyclic amines) is 1. The average Bonchev–Trinajstić information content (AvgIpc) is 3.08. The topological polar surface area (TPSA) is 74.9 Å². The zero-order valence-corrected chi connectivity index (χ0v) is 16.9. The van der Waals surface area contributed by atoms with Gasteiger partial charge in [0.25, 0.3) is 5.91 Å². The minimum Gasteiger partial charge on any atom is -0.455 e. The number of nitrogens with one attached hydrogen (secondary N) is 1. The molecule has 0 unspecified atom stereocenters. The van der Waals surface area contributed by atoms with Crippen LogP contribution in [-0.4, -0.2) is 53.5 Å². The van der Waals surface area contributed by atoms with E-state index in [1.54, 1.807) is 4.90 Å². The monoisotopic (exact) mass is 471 g/mol. The number of hydrogen-bond donors (Lipinski definition) is 1. The fraction of sp³-hybridized carbons (Fsp3) is 0.632. The zero-order valence-electron chi connectivity index (χ0n) is 16.9. The molecule has 1 N–H and O–H groups in total. The minimum atomic E-state index is -6.64. The molecule has 1 aromatic heterocycles. The van der Waals surface area contributed by atoms with Gasteiger partial charge in [0.15, 0.2) is 5.76 Å². The summed E-state index contributed by atoms with van der Waals surface area (Å²) in [5.41, 5.74) is 1.65. The Hall–Kier alpha value is -2.60. The number of carbonyl (C=O) groups is 2. The Balaban J connectivity index is 1.85. The van der Waals surface area contributed by atoms with Gasteiger partial charge in [-0.05, 0) is 39.0 Å². The Labute approximate surface area is 177 Å². The number of rotatable bonds is 4. The van der Waals surface area contributed by atoms with Crippen molar-refractivity contribution in [2.75, 3.05) is 13.1 Å². The summed E-state index contributed by atoms with van der Waals surface area (Å²) in [5.74, 6) is -15.6. The van der Waals surface area contributed by atoms with E-state index < -0.39 is 23.9 Å². The summed E-state index contributed by atoms with van der Waals surface area (Å²) < 4.78 is 95.6. The zero-order chi connectivity index (χ0) is 23.9. The number of carbonyl (C=O) groups excluding carboxylic acids is 2. The van der Waals surface area contributed by atoms with Crippen molar-refractivity contribution in [2.24, 2.45) is 5.10 Å². The third-order valence-corrected chi connectivity index (χ3v) is 5.49. The molecule has 1 aromatic rings. The number of halogens is 7. The predicted octanol–water partition coefficient (Wildman–Crippen LogP) is 4.20. The molecular weight excluding hydrogens is 451 g/mol. The summed E-state index contributed by atoms with van der Waals surface area (Å²) >= 11 is 0. The van der Waals surface area contributed by atoms with E-state index >= 15 is 0 Å². The highest BCUT2D eigenvalue weighted by atomic mass is 19.4. The normalized spacial score (nSPS) is 19.1. The molecule has 1 fully saturated rings. The molecule has 3 rings (SSSR count). The van der Waals surface area contributed by atoms with Gasteiger partial charge in [0, 0.05) is 30.6 Å². The lowest BCUT2D eigenvalue weighted by Gasteiger charge is -2.26. The molecule has 6 nitrogen and oxygen atoms in total.